The highest BCUT2D eigenvalue weighted by Crippen LogP contribution is 2.15. The zero-order chi connectivity index (χ0) is 16.5. The van der Waals surface area contributed by atoms with E-state index < -0.39 is 6.03 Å². The number of amides is 3. The van der Waals surface area contributed by atoms with E-state index in [9.17, 15) is 9.59 Å². The highest BCUT2D eigenvalue weighted by molar-refractivity contribution is 5.83. The molecule has 2 N–H and O–H groups in total. The molecular weight excluding hydrogens is 282 g/mol. The van der Waals surface area contributed by atoms with Gasteiger partial charge in [-0.05, 0) is 31.0 Å². The van der Waals surface area contributed by atoms with Gasteiger partial charge in [0, 0.05) is 20.1 Å². The summed E-state index contributed by atoms with van der Waals surface area (Å²) in [4.78, 5) is 26.3. The van der Waals surface area contributed by atoms with Gasteiger partial charge in [0.15, 0.2) is 0 Å². The van der Waals surface area contributed by atoms with Crippen LogP contribution in [0.1, 0.15) is 25.8 Å². The van der Waals surface area contributed by atoms with Gasteiger partial charge < -0.3 is 20.3 Å². The predicted octanol–water partition coefficient (Wildman–Crippen LogP) is 1.83. The Kier molecular flexibility index (Phi) is 7.22. The first kappa shape index (κ1) is 17.8. The van der Waals surface area contributed by atoms with E-state index in [0.29, 0.717) is 19.7 Å². The van der Waals surface area contributed by atoms with Gasteiger partial charge in [-0.25, -0.2) is 4.79 Å². The highest BCUT2D eigenvalue weighted by atomic mass is 16.5. The topological polar surface area (TPSA) is 75.9 Å². The van der Waals surface area contributed by atoms with Gasteiger partial charge in [0.05, 0.1) is 6.61 Å². The molecule has 0 bridgehead atoms. The summed E-state index contributed by atoms with van der Waals surface area (Å²) in [5, 5.41) is 0. The van der Waals surface area contributed by atoms with Gasteiger partial charge in [0.1, 0.15) is 12.3 Å². The van der Waals surface area contributed by atoms with E-state index in [1.54, 1.807) is 4.90 Å². The lowest BCUT2D eigenvalue weighted by Gasteiger charge is -2.25. The number of urea groups is 1. The summed E-state index contributed by atoms with van der Waals surface area (Å²) in [6, 6.07) is 7.07. The highest BCUT2D eigenvalue weighted by Gasteiger charge is 2.17. The fraction of sp³-hybridized carbons (Fsp3) is 0.500. The van der Waals surface area contributed by atoms with E-state index in [1.807, 2.05) is 38.1 Å². The molecule has 3 amide bonds. The summed E-state index contributed by atoms with van der Waals surface area (Å²) < 4.78 is 5.47. The van der Waals surface area contributed by atoms with Crippen molar-refractivity contribution in [3.8, 4) is 5.75 Å². The van der Waals surface area contributed by atoms with Crippen molar-refractivity contribution in [3.05, 3.63) is 29.8 Å². The second kappa shape index (κ2) is 8.92. The standard InChI is InChI=1S/C16H25N3O3/c1-4-9-19(15(20)12-18(3)16(17)21)11-13-7-6-8-14(10-13)22-5-2/h6-8,10H,4-5,9,11-12H2,1-3H3,(H2,17,21). The lowest BCUT2D eigenvalue weighted by atomic mass is 10.2. The first-order valence-electron chi connectivity index (χ1n) is 7.48. The van der Waals surface area contributed by atoms with Gasteiger partial charge in [-0.3, -0.25) is 4.79 Å². The van der Waals surface area contributed by atoms with Gasteiger partial charge in [0.2, 0.25) is 5.91 Å². The maximum absolute atomic E-state index is 12.3. The normalized spacial score (nSPS) is 10.1. The van der Waals surface area contributed by atoms with E-state index >= 15 is 0 Å². The molecular formula is C16H25N3O3. The van der Waals surface area contributed by atoms with Crippen LogP contribution >= 0.6 is 0 Å². The number of carbonyl (C=O) groups is 2. The largest absolute Gasteiger partial charge is 0.494 e. The van der Waals surface area contributed by atoms with Crippen molar-refractivity contribution in [3.63, 3.8) is 0 Å². The number of carbonyl (C=O) groups excluding carboxylic acids is 2. The van der Waals surface area contributed by atoms with Crippen LogP contribution in [0.3, 0.4) is 0 Å². The Morgan fingerprint density at radius 1 is 1.27 bits per heavy atom. The van der Waals surface area contributed by atoms with Crippen LogP contribution in [0.2, 0.25) is 0 Å². The van der Waals surface area contributed by atoms with Crippen LogP contribution in [0.4, 0.5) is 4.79 Å². The monoisotopic (exact) mass is 307 g/mol. The minimum absolute atomic E-state index is 0.0134. The summed E-state index contributed by atoms with van der Waals surface area (Å²) >= 11 is 0. The lowest BCUT2D eigenvalue weighted by molar-refractivity contribution is -0.132. The Balaban J connectivity index is 2.76. The van der Waals surface area contributed by atoms with E-state index in [-0.39, 0.29) is 12.5 Å². The molecule has 0 saturated heterocycles. The van der Waals surface area contributed by atoms with Gasteiger partial charge >= 0.3 is 6.03 Å². The van der Waals surface area contributed by atoms with Crippen LogP contribution in [0.5, 0.6) is 5.75 Å². The molecule has 1 aromatic carbocycles. The van der Waals surface area contributed by atoms with Crippen LogP contribution in [0.25, 0.3) is 0 Å². The lowest BCUT2D eigenvalue weighted by Crippen LogP contribution is -2.43. The zero-order valence-corrected chi connectivity index (χ0v) is 13.5. The van der Waals surface area contributed by atoms with Gasteiger partial charge in [-0.1, -0.05) is 19.1 Å². The number of hydrogen-bond acceptors (Lipinski definition) is 3. The SMILES string of the molecule is CCCN(Cc1cccc(OCC)c1)C(=O)CN(C)C(N)=O. The predicted molar refractivity (Wildman–Crippen MR) is 85.5 cm³/mol. The Bertz CT molecular complexity index is 505. The van der Waals surface area contributed by atoms with E-state index in [2.05, 4.69) is 0 Å². The van der Waals surface area contributed by atoms with E-state index in [4.69, 9.17) is 10.5 Å². The van der Waals surface area contributed by atoms with Crippen molar-refractivity contribution >= 4 is 11.9 Å². The van der Waals surface area contributed by atoms with Crippen molar-refractivity contribution < 1.29 is 14.3 Å². The average Bonchev–Trinajstić information content (AvgIpc) is 2.47. The molecule has 6 nitrogen and oxygen atoms in total. The molecule has 22 heavy (non-hydrogen) atoms. The maximum Gasteiger partial charge on any atom is 0.314 e. The van der Waals surface area contributed by atoms with Crippen LogP contribution in [-0.2, 0) is 11.3 Å². The molecule has 0 atom stereocenters. The molecule has 1 aromatic rings. The van der Waals surface area contributed by atoms with Crippen molar-refractivity contribution in [2.24, 2.45) is 5.73 Å². The van der Waals surface area contributed by atoms with Crippen LogP contribution in [0.15, 0.2) is 24.3 Å². The van der Waals surface area contributed by atoms with Crippen LogP contribution in [0, 0.1) is 0 Å². The number of rotatable bonds is 8. The Morgan fingerprint density at radius 3 is 2.59 bits per heavy atom. The van der Waals surface area contributed by atoms with Gasteiger partial charge in [0.25, 0.3) is 0 Å². The van der Waals surface area contributed by atoms with Crippen molar-refractivity contribution in [1.29, 1.82) is 0 Å². The van der Waals surface area contributed by atoms with Crippen molar-refractivity contribution in [2.45, 2.75) is 26.8 Å². The summed E-state index contributed by atoms with van der Waals surface area (Å²) in [5.41, 5.74) is 6.16. The Hall–Kier alpha value is -2.24. The van der Waals surface area contributed by atoms with Crippen LogP contribution < -0.4 is 10.5 Å². The molecule has 0 fully saturated rings. The number of nitrogens with zero attached hydrogens (tertiary/aromatic N) is 2. The van der Waals surface area contributed by atoms with E-state index in [0.717, 1.165) is 17.7 Å². The molecule has 6 heteroatoms. The number of benzene rings is 1. The summed E-state index contributed by atoms with van der Waals surface area (Å²) in [6.07, 6.45) is 0.844. The first-order valence-corrected chi connectivity index (χ1v) is 7.48. The average molecular weight is 307 g/mol. The second-order valence-corrected chi connectivity index (χ2v) is 5.09. The molecule has 122 valence electrons. The third-order valence-corrected chi connectivity index (χ3v) is 3.18. The molecule has 0 saturated carbocycles. The second-order valence-electron chi connectivity index (χ2n) is 5.09. The molecule has 1 rings (SSSR count). The summed E-state index contributed by atoms with van der Waals surface area (Å²) in [6.45, 7) is 5.64. The zero-order valence-electron chi connectivity index (χ0n) is 13.5. The fourth-order valence-corrected chi connectivity index (χ4v) is 2.06. The van der Waals surface area contributed by atoms with Crippen molar-refractivity contribution in [1.82, 2.24) is 9.80 Å². The Morgan fingerprint density at radius 2 is 2.00 bits per heavy atom. The minimum Gasteiger partial charge on any atom is -0.494 e. The smallest absolute Gasteiger partial charge is 0.314 e. The minimum atomic E-state index is -0.608. The number of hydrogen-bond donors (Lipinski definition) is 1. The molecule has 0 aliphatic heterocycles. The molecule has 0 aliphatic carbocycles. The first-order chi connectivity index (χ1) is 10.5. The molecule has 0 aromatic heterocycles. The maximum atomic E-state index is 12.3. The van der Waals surface area contributed by atoms with Gasteiger partial charge in [-0.15, -0.1) is 0 Å². The van der Waals surface area contributed by atoms with Crippen LogP contribution in [-0.4, -0.2) is 48.5 Å². The Labute approximate surface area is 131 Å². The molecule has 0 unspecified atom stereocenters. The summed E-state index contributed by atoms with van der Waals surface area (Å²) in [7, 11) is 1.51. The number of likely N-dealkylation sites (N-methyl/N-ethyl adjacent to an activating group) is 1. The quantitative estimate of drug-likeness (QED) is 0.796. The summed E-state index contributed by atoms with van der Waals surface area (Å²) in [5.74, 6) is 0.670. The number of nitrogens with two attached hydrogens (primary N) is 1. The molecule has 0 radical (unpaired) electrons. The third kappa shape index (κ3) is 5.63. The van der Waals surface area contributed by atoms with Crippen molar-refractivity contribution in [2.75, 3.05) is 26.7 Å². The molecule has 0 heterocycles. The van der Waals surface area contributed by atoms with Gasteiger partial charge in [-0.2, -0.15) is 0 Å². The number of ether oxygens (including phenoxy) is 1. The van der Waals surface area contributed by atoms with E-state index in [1.165, 1.54) is 11.9 Å². The molecule has 0 aliphatic rings. The number of primary amides is 1. The fourth-order valence-electron chi connectivity index (χ4n) is 2.06. The molecule has 0 spiro atoms. The third-order valence-electron chi connectivity index (χ3n) is 3.18.